The predicted molar refractivity (Wildman–Crippen MR) is 81.4 cm³/mol. The lowest BCUT2D eigenvalue weighted by molar-refractivity contribution is -0.141. The summed E-state index contributed by atoms with van der Waals surface area (Å²) in [5, 5.41) is 15.6. The molecule has 0 spiro atoms. The third-order valence-electron chi connectivity index (χ3n) is 4.19. The molecule has 1 fully saturated rings. The second kappa shape index (κ2) is 7.52. The first-order valence-corrected chi connectivity index (χ1v) is 7.96. The van der Waals surface area contributed by atoms with E-state index in [4.69, 9.17) is 0 Å². The van der Waals surface area contributed by atoms with Crippen molar-refractivity contribution in [3.63, 3.8) is 0 Å². The van der Waals surface area contributed by atoms with E-state index in [2.05, 4.69) is 22.2 Å². The fourth-order valence-electron chi connectivity index (χ4n) is 2.78. The van der Waals surface area contributed by atoms with Gasteiger partial charge in [-0.1, -0.05) is 6.92 Å². The molecule has 1 saturated heterocycles. The summed E-state index contributed by atoms with van der Waals surface area (Å²) in [4.78, 5) is 14.1. The van der Waals surface area contributed by atoms with E-state index in [1.54, 1.807) is 0 Å². The maximum atomic E-state index is 12.8. The number of aliphatic hydroxyl groups excluding tert-OH is 1. The smallest absolute Gasteiger partial charge is 0.390 e. The van der Waals surface area contributed by atoms with E-state index in [9.17, 15) is 23.1 Å². The van der Waals surface area contributed by atoms with Crippen molar-refractivity contribution in [2.45, 2.75) is 32.0 Å². The molecule has 136 valence electrons. The normalized spacial score (nSPS) is 18.6. The quantitative estimate of drug-likeness (QED) is 0.841. The van der Waals surface area contributed by atoms with E-state index < -0.39 is 29.4 Å². The highest BCUT2D eigenvalue weighted by molar-refractivity contribution is 5.95. The van der Waals surface area contributed by atoms with Gasteiger partial charge in [-0.3, -0.25) is 9.48 Å². The fourth-order valence-corrected chi connectivity index (χ4v) is 2.78. The molecule has 1 aliphatic heterocycles. The Morgan fingerprint density at radius 3 is 2.67 bits per heavy atom. The molecule has 1 aliphatic rings. The van der Waals surface area contributed by atoms with Crippen LogP contribution >= 0.6 is 0 Å². The SMILES string of the molecule is CC1CCN(CC(O)CNC(=O)c2cn(C)nc2C(F)(F)F)CC1. The van der Waals surface area contributed by atoms with E-state index in [1.165, 1.54) is 7.05 Å². The van der Waals surface area contributed by atoms with Crippen LogP contribution in [0.25, 0.3) is 0 Å². The summed E-state index contributed by atoms with van der Waals surface area (Å²) in [6.07, 6.45) is -2.38. The van der Waals surface area contributed by atoms with Crippen molar-refractivity contribution < 1.29 is 23.1 Å². The lowest BCUT2D eigenvalue weighted by atomic mass is 9.99. The van der Waals surface area contributed by atoms with Crippen molar-refractivity contribution in [1.29, 1.82) is 0 Å². The molecule has 0 radical (unpaired) electrons. The number of nitrogens with one attached hydrogen (secondary N) is 1. The van der Waals surface area contributed by atoms with Gasteiger partial charge in [-0.05, 0) is 31.8 Å². The first-order valence-electron chi connectivity index (χ1n) is 7.96. The number of likely N-dealkylation sites (tertiary alicyclic amines) is 1. The van der Waals surface area contributed by atoms with Crippen LogP contribution in [0.4, 0.5) is 13.2 Å². The highest BCUT2D eigenvalue weighted by Crippen LogP contribution is 2.30. The van der Waals surface area contributed by atoms with E-state index in [1.807, 2.05) is 0 Å². The van der Waals surface area contributed by atoms with Crippen molar-refractivity contribution in [3.05, 3.63) is 17.5 Å². The molecule has 2 rings (SSSR count). The Kier molecular flexibility index (Phi) is 5.87. The number of alkyl halides is 3. The van der Waals surface area contributed by atoms with Gasteiger partial charge in [-0.2, -0.15) is 18.3 Å². The molecule has 0 aliphatic carbocycles. The lowest BCUT2D eigenvalue weighted by Crippen LogP contribution is -2.43. The van der Waals surface area contributed by atoms with E-state index in [0.29, 0.717) is 12.5 Å². The maximum Gasteiger partial charge on any atom is 0.435 e. The minimum Gasteiger partial charge on any atom is -0.390 e. The van der Waals surface area contributed by atoms with Crippen LogP contribution in [0.1, 0.15) is 35.8 Å². The lowest BCUT2D eigenvalue weighted by Gasteiger charge is -2.31. The zero-order chi connectivity index (χ0) is 17.9. The first-order chi connectivity index (χ1) is 11.2. The van der Waals surface area contributed by atoms with Crippen LogP contribution in [0.5, 0.6) is 0 Å². The monoisotopic (exact) mass is 348 g/mol. The molecular formula is C15H23F3N4O2. The summed E-state index contributed by atoms with van der Waals surface area (Å²) < 4.78 is 39.5. The molecule has 0 bridgehead atoms. The molecule has 24 heavy (non-hydrogen) atoms. The van der Waals surface area contributed by atoms with Crippen molar-refractivity contribution >= 4 is 5.91 Å². The minimum absolute atomic E-state index is 0.100. The van der Waals surface area contributed by atoms with Crippen LogP contribution in [0.15, 0.2) is 6.20 Å². The zero-order valence-electron chi connectivity index (χ0n) is 13.8. The number of aliphatic hydroxyl groups is 1. The Labute approximate surface area is 138 Å². The Hall–Kier alpha value is -1.61. The Morgan fingerprint density at radius 1 is 1.46 bits per heavy atom. The van der Waals surface area contributed by atoms with Crippen molar-refractivity contribution in [2.24, 2.45) is 13.0 Å². The van der Waals surface area contributed by atoms with Crippen LogP contribution in [-0.2, 0) is 13.2 Å². The second-order valence-corrected chi connectivity index (χ2v) is 6.41. The van der Waals surface area contributed by atoms with Gasteiger partial charge < -0.3 is 15.3 Å². The number of aromatic nitrogens is 2. The topological polar surface area (TPSA) is 70.4 Å². The number of piperidine rings is 1. The number of amides is 1. The Balaban J connectivity index is 1.87. The number of carbonyl (C=O) groups excluding carboxylic acids is 1. The molecule has 0 aromatic carbocycles. The summed E-state index contributed by atoms with van der Waals surface area (Å²) in [6.45, 7) is 4.24. The Morgan fingerprint density at radius 2 is 2.08 bits per heavy atom. The third kappa shape index (κ3) is 4.94. The summed E-state index contributed by atoms with van der Waals surface area (Å²) in [5.74, 6) is -0.216. The molecule has 6 nitrogen and oxygen atoms in total. The van der Waals surface area contributed by atoms with Gasteiger partial charge in [0.25, 0.3) is 5.91 Å². The summed E-state index contributed by atoms with van der Waals surface area (Å²) in [7, 11) is 1.32. The fraction of sp³-hybridized carbons (Fsp3) is 0.733. The molecule has 1 aromatic heterocycles. The van der Waals surface area contributed by atoms with Crippen LogP contribution in [0.2, 0.25) is 0 Å². The van der Waals surface area contributed by atoms with Crippen LogP contribution < -0.4 is 5.32 Å². The highest BCUT2D eigenvalue weighted by atomic mass is 19.4. The molecular weight excluding hydrogens is 325 g/mol. The molecule has 1 aromatic rings. The van der Waals surface area contributed by atoms with Gasteiger partial charge in [0.15, 0.2) is 5.69 Å². The van der Waals surface area contributed by atoms with E-state index in [0.717, 1.165) is 36.8 Å². The van der Waals surface area contributed by atoms with Crippen molar-refractivity contribution in [1.82, 2.24) is 20.0 Å². The first kappa shape index (κ1) is 18.7. The van der Waals surface area contributed by atoms with Gasteiger partial charge in [0.05, 0.1) is 11.7 Å². The van der Waals surface area contributed by atoms with Crippen LogP contribution in [0, 0.1) is 5.92 Å². The average molecular weight is 348 g/mol. The van der Waals surface area contributed by atoms with Gasteiger partial charge in [0.2, 0.25) is 0 Å². The predicted octanol–water partition coefficient (Wildman–Crippen LogP) is 1.26. The number of carbonyl (C=O) groups is 1. The van der Waals surface area contributed by atoms with E-state index >= 15 is 0 Å². The average Bonchev–Trinajstić information content (AvgIpc) is 2.89. The largest absolute Gasteiger partial charge is 0.435 e. The second-order valence-electron chi connectivity index (χ2n) is 6.41. The van der Waals surface area contributed by atoms with Gasteiger partial charge in [-0.25, -0.2) is 0 Å². The molecule has 0 saturated carbocycles. The molecule has 1 unspecified atom stereocenters. The number of rotatable bonds is 5. The number of halogens is 3. The standard InChI is InChI=1S/C15H23F3N4O2/c1-10-3-5-22(6-4-10)8-11(23)7-19-14(24)12-9-21(2)20-13(12)15(16,17)18/h9-11,23H,3-8H2,1-2H3,(H,19,24). The Bertz CT molecular complexity index is 566. The zero-order valence-corrected chi connectivity index (χ0v) is 13.8. The molecule has 9 heteroatoms. The van der Waals surface area contributed by atoms with Gasteiger partial charge in [-0.15, -0.1) is 0 Å². The molecule has 1 atom stereocenters. The van der Waals surface area contributed by atoms with Crippen LogP contribution in [-0.4, -0.2) is 58.0 Å². The van der Waals surface area contributed by atoms with Crippen molar-refractivity contribution in [3.8, 4) is 0 Å². The van der Waals surface area contributed by atoms with Gasteiger partial charge >= 0.3 is 6.18 Å². The summed E-state index contributed by atoms with van der Waals surface area (Å²) in [6, 6.07) is 0. The summed E-state index contributed by atoms with van der Waals surface area (Å²) >= 11 is 0. The number of β-amino-alcohol motifs (C(OH)–C–C–N with tert-alkyl or cyclic N) is 1. The van der Waals surface area contributed by atoms with Gasteiger partial charge in [0.1, 0.15) is 0 Å². The molecule has 1 amide bonds. The number of hydrogen-bond donors (Lipinski definition) is 2. The maximum absolute atomic E-state index is 12.8. The van der Waals surface area contributed by atoms with Crippen LogP contribution in [0.3, 0.4) is 0 Å². The third-order valence-corrected chi connectivity index (χ3v) is 4.19. The minimum atomic E-state index is -4.70. The molecule has 2 heterocycles. The number of nitrogens with zero attached hydrogens (tertiary/aromatic N) is 3. The van der Waals surface area contributed by atoms with E-state index in [-0.39, 0.29) is 6.54 Å². The number of hydrogen-bond acceptors (Lipinski definition) is 4. The van der Waals surface area contributed by atoms with Gasteiger partial charge in [0, 0.05) is 26.3 Å². The molecule has 2 N–H and O–H groups in total. The number of aryl methyl sites for hydroxylation is 1. The van der Waals surface area contributed by atoms with Crippen molar-refractivity contribution in [2.75, 3.05) is 26.2 Å². The highest BCUT2D eigenvalue weighted by Gasteiger charge is 2.39. The summed E-state index contributed by atoms with van der Waals surface area (Å²) in [5.41, 5.74) is -1.76.